The predicted octanol–water partition coefficient (Wildman–Crippen LogP) is 4.00. The van der Waals surface area contributed by atoms with Gasteiger partial charge in [0.2, 0.25) is 5.91 Å². The minimum absolute atomic E-state index is 0.00585. The summed E-state index contributed by atoms with van der Waals surface area (Å²) in [5.41, 5.74) is 5.80. The lowest BCUT2D eigenvalue weighted by molar-refractivity contribution is -0.122. The molecule has 2 aromatic carbocycles. The summed E-state index contributed by atoms with van der Waals surface area (Å²) in [4.78, 5) is 12.1. The van der Waals surface area contributed by atoms with Crippen molar-refractivity contribution in [3.05, 3.63) is 77.9 Å². The molecule has 1 amide bonds. The third-order valence-electron chi connectivity index (χ3n) is 4.01. The number of hydrazone groups is 1. The van der Waals surface area contributed by atoms with Crippen LogP contribution in [-0.4, -0.2) is 11.6 Å². The Labute approximate surface area is 136 Å². The zero-order chi connectivity index (χ0) is 16.1. The molecule has 116 valence electrons. The minimum atomic E-state index is 0.00585. The summed E-state index contributed by atoms with van der Waals surface area (Å²) >= 11 is 0. The fourth-order valence-electron chi connectivity index (χ4n) is 2.60. The van der Waals surface area contributed by atoms with Gasteiger partial charge >= 0.3 is 0 Å². The van der Waals surface area contributed by atoms with E-state index < -0.39 is 0 Å². The average molecular weight is 304 g/mol. The molecule has 0 spiro atoms. The number of carbonyl (C=O) groups excluding carboxylic acids is 1. The summed E-state index contributed by atoms with van der Waals surface area (Å²) in [6.45, 7) is 1.88. The second-order valence-electron chi connectivity index (χ2n) is 5.83. The molecule has 3 rings (SSSR count). The van der Waals surface area contributed by atoms with Crippen LogP contribution >= 0.6 is 0 Å². The zero-order valence-electron chi connectivity index (χ0n) is 13.1. The van der Waals surface area contributed by atoms with Crippen molar-refractivity contribution in [1.82, 2.24) is 5.43 Å². The number of benzene rings is 2. The molecule has 3 heteroatoms. The highest BCUT2D eigenvalue weighted by molar-refractivity contribution is 5.97. The lowest BCUT2D eigenvalue weighted by atomic mass is 10.1. The van der Waals surface area contributed by atoms with E-state index in [0.717, 1.165) is 17.7 Å². The number of carbonyl (C=O) groups is 1. The van der Waals surface area contributed by atoms with E-state index >= 15 is 0 Å². The van der Waals surface area contributed by atoms with E-state index in [-0.39, 0.29) is 11.8 Å². The van der Waals surface area contributed by atoms with Crippen molar-refractivity contribution in [2.75, 3.05) is 0 Å². The summed E-state index contributed by atoms with van der Waals surface area (Å²) in [6, 6.07) is 20.2. The second-order valence-corrected chi connectivity index (χ2v) is 5.83. The van der Waals surface area contributed by atoms with E-state index in [2.05, 4.69) is 22.7 Å². The van der Waals surface area contributed by atoms with E-state index in [1.807, 2.05) is 67.6 Å². The summed E-state index contributed by atoms with van der Waals surface area (Å²) in [5, 5.41) is 4.16. The highest BCUT2D eigenvalue weighted by Crippen LogP contribution is 2.47. The number of rotatable bonds is 5. The highest BCUT2D eigenvalue weighted by atomic mass is 16.2. The van der Waals surface area contributed by atoms with Crippen LogP contribution in [0.25, 0.3) is 6.08 Å². The Morgan fingerprint density at radius 3 is 2.43 bits per heavy atom. The first-order chi connectivity index (χ1) is 11.2. The Morgan fingerprint density at radius 1 is 1.09 bits per heavy atom. The van der Waals surface area contributed by atoms with Gasteiger partial charge in [-0.15, -0.1) is 0 Å². The van der Waals surface area contributed by atoms with Gasteiger partial charge in [0.1, 0.15) is 0 Å². The largest absolute Gasteiger partial charge is 0.273 e. The summed E-state index contributed by atoms with van der Waals surface area (Å²) in [6.07, 6.45) is 4.79. The van der Waals surface area contributed by atoms with Crippen molar-refractivity contribution < 1.29 is 4.79 Å². The van der Waals surface area contributed by atoms with Gasteiger partial charge < -0.3 is 0 Å². The Balaban J connectivity index is 1.52. The molecular formula is C20H20N2O. The number of hydrogen-bond acceptors (Lipinski definition) is 2. The van der Waals surface area contributed by atoms with Gasteiger partial charge in [0.15, 0.2) is 0 Å². The molecule has 0 aromatic heterocycles. The van der Waals surface area contributed by atoms with Crippen LogP contribution in [0.1, 0.15) is 30.4 Å². The molecule has 1 N–H and O–H groups in total. The lowest BCUT2D eigenvalue weighted by Gasteiger charge is -2.01. The smallest absolute Gasteiger partial charge is 0.243 e. The average Bonchev–Trinajstić information content (AvgIpc) is 3.40. The second kappa shape index (κ2) is 7.05. The molecule has 0 aliphatic heterocycles. The highest BCUT2D eigenvalue weighted by Gasteiger charge is 2.43. The molecular weight excluding hydrogens is 284 g/mol. The minimum Gasteiger partial charge on any atom is -0.273 e. The molecule has 2 atom stereocenters. The van der Waals surface area contributed by atoms with Crippen LogP contribution in [0.15, 0.2) is 71.8 Å². The molecule has 1 fully saturated rings. The third kappa shape index (κ3) is 4.16. The van der Waals surface area contributed by atoms with Gasteiger partial charge in [0.25, 0.3) is 0 Å². The quantitative estimate of drug-likeness (QED) is 0.658. The van der Waals surface area contributed by atoms with Crippen LogP contribution < -0.4 is 5.43 Å². The molecule has 1 saturated carbocycles. The SMILES string of the molecule is CC(/C=C\c1ccccc1)=NNC(=O)[C@@H]1C[C@@H]1c1ccccc1. The molecule has 0 unspecified atom stereocenters. The predicted molar refractivity (Wildman–Crippen MR) is 94.0 cm³/mol. The first-order valence-electron chi connectivity index (χ1n) is 7.86. The third-order valence-corrected chi connectivity index (χ3v) is 4.01. The van der Waals surface area contributed by atoms with E-state index in [1.165, 1.54) is 5.56 Å². The number of amides is 1. The van der Waals surface area contributed by atoms with Gasteiger partial charge in [-0.2, -0.15) is 5.10 Å². The van der Waals surface area contributed by atoms with Crippen LogP contribution in [-0.2, 0) is 4.79 Å². The number of allylic oxidation sites excluding steroid dienone is 1. The van der Waals surface area contributed by atoms with Crippen LogP contribution in [0.2, 0.25) is 0 Å². The molecule has 1 aliphatic carbocycles. The van der Waals surface area contributed by atoms with E-state index in [4.69, 9.17) is 0 Å². The summed E-state index contributed by atoms with van der Waals surface area (Å²) in [7, 11) is 0. The van der Waals surface area contributed by atoms with Crippen molar-refractivity contribution in [3.63, 3.8) is 0 Å². The van der Waals surface area contributed by atoms with Gasteiger partial charge in [0, 0.05) is 5.92 Å². The maximum Gasteiger partial charge on any atom is 0.243 e. The maximum absolute atomic E-state index is 12.1. The zero-order valence-corrected chi connectivity index (χ0v) is 13.1. The van der Waals surface area contributed by atoms with Crippen molar-refractivity contribution in [2.24, 2.45) is 11.0 Å². The first kappa shape index (κ1) is 15.2. The van der Waals surface area contributed by atoms with Crippen molar-refractivity contribution in [3.8, 4) is 0 Å². The maximum atomic E-state index is 12.1. The number of nitrogens with one attached hydrogen (secondary N) is 1. The number of hydrogen-bond donors (Lipinski definition) is 1. The molecule has 0 heterocycles. The molecule has 0 radical (unpaired) electrons. The van der Waals surface area contributed by atoms with Crippen molar-refractivity contribution in [2.45, 2.75) is 19.3 Å². The Hall–Kier alpha value is -2.68. The van der Waals surface area contributed by atoms with Gasteiger partial charge in [-0.05, 0) is 36.5 Å². The molecule has 2 aromatic rings. The molecule has 3 nitrogen and oxygen atoms in total. The van der Waals surface area contributed by atoms with E-state index in [0.29, 0.717) is 5.92 Å². The van der Waals surface area contributed by atoms with E-state index in [1.54, 1.807) is 0 Å². The summed E-state index contributed by atoms with van der Waals surface area (Å²) in [5.74, 6) is 0.393. The standard InChI is InChI=1S/C20H20N2O/c1-15(12-13-16-8-4-2-5-9-16)21-22-20(23)19-14-18(19)17-10-6-3-7-11-17/h2-13,18-19H,14H2,1H3,(H,22,23)/b13-12-,21-15?/t18-,19-/m1/s1. The van der Waals surface area contributed by atoms with Gasteiger partial charge in [-0.1, -0.05) is 66.7 Å². The van der Waals surface area contributed by atoms with Gasteiger partial charge in [-0.25, -0.2) is 5.43 Å². The Bertz CT molecular complexity index is 720. The normalized spacial score (nSPS) is 20.5. The van der Waals surface area contributed by atoms with E-state index in [9.17, 15) is 4.79 Å². The van der Waals surface area contributed by atoms with Crippen molar-refractivity contribution >= 4 is 17.7 Å². The van der Waals surface area contributed by atoms with Gasteiger partial charge in [-0.3, -0.25) is 4.79 Å². The Morgan fingerprint density at radius 2 is 1.74 bits per heavy atom. The fourth-order valence-corrected chi connectivity index (χ4v) is 2.60. The van der Waals surface area contributed by atoms with Crippen LogP contribution in [0, 0.1) is 5.92 Å². The van der Waals surface area contributed by atoms with Crippen LogP contribution in [0.4, 0.5) is 0 Å². The van der Waals surface area contributed by atoms with Crippen molar-refractivity contribution in [1.29, 1.82) is 0 Å². The Kier molecular flexibility index (Phi) is 4.67. The molecule has 0 bridgehead atoms. The van der Waals surface area contributed by atoms with Crippen LogP contribution in [0.3, 0.4) is 0 Å². The molecule has 23 heavy (non-hydrogen) atoms. The first-order valence-corrected chi connectivity index (χ1v) is 7.86. The monoisotopic (exact) mass is 304 g/mol. The van der Waals surface area contributed by atoms with Crippen LogP contribution in [0.5, 0.6) is 0 Å². The number of nitrogens with zero attached hydrogens (tertiary/aromatic N) is 1. The molecule has 0 saturated heterocycles. The fraction of sp³-hybridized carbons (Fsp3) is 0.200. The van der Waals surface area contributed by atoms with Gasteiger partial charge in [0.05, 0.1) is 5.71 Å². The lowest BCUT2D eigenvalue weighted by Crippen LogP contribution is -2.21. The molecule has 1 aliphatic rings. The topological polar surface area (TPSA) is 41.5 Å². The summed E-state index contributed by atoms with van der Waals surface area (Å²) < 4.78 is 0.